The van der Waals surface area contributed by atoms with Crippen molar-refractivity contribution in [3.8, 4) is 11.5 Å². The van der Waals surface area contributed by atoms with Crippen molar-refractivity contribution in [2.24, 2.45) is 0 Å². The van der Waals surface area contributed by atoms with Crippen molar-refractivity contribution in [1.29, 1.82) is 0 Å². The lowest BCUT2D eigenvalue weighted by Crippen LogP contribution is -2.20. The van der Waals surface area contributed by atoms with Gasteiger partial charge in [0.05, 0.1) is 0 Å². The Bertz CT molecular complexity index is 885. The van der Waals surface area contributed by atoms with Crippen LogP contribution in [0, 0.1) is 0 Å². The summed E-state index contributed by atoms with van der Waals surface area (Å²) in [5, 5.41) is 0. The number of benzene rings is 2. The van der Waals surface area contributed by atoms with Gasteiger partial charge in [-0.1, -0.05) is 87.7 Å². The zero-order valence-electron chi connectivity index (χ0n) is 19.6. The normalized spacial score (nSPS) is 11.0. The van der Waals surface area contributed by atoms with Crippen LogP contribution in [0.15, 0.2) is 86.0 Å². The first kappa shape index (κ1) is 24.3. The molecular weight excluding hydrogens is 380 g/mol. The molecule has 2 aromatic rings. The second-order valence-corrected chi connectivity index (χ2v) is 8.74. The molecule has 0 atom stereocenters. The summed E-state index contributed by atoms with van der Waals surface area (Å²) in [6.45, 7) is 25.3. The number of ether oxygens (including phenoxy) is 2. The molecule has 164 valence electrons. The highest BCUT2D eigenvalue weighted by molar-refractivity contribution is 5.49. The van der Waals surface area contributed by atoms with Crippen LogP contribution >= 0.6 is 0 Å². The van der Waals surface area contributed by atoms with Crippen LogP contribution < -0.4 is 9.47 Å². The summed E-state index contributed by atoms with van der Waals surface area (Å²) in [5.74, 6) is 1.78. The van der Waals surface area contributed by atoms with Gasteiger partial charge >= 0.3 is 0 Å². The lowest BCUT2D eigenvalue weighted by Gasteiger charge is -2.28. The molecule has 0 aliphatic heterocycles. The molecule has 0 N–H and O–H groups in total. The predicted molar refractivity (Wildman–Crippen MR) is 133 cm³/mol. The van der Waals surface area contributed by atoms with Crippen LogP contribution in [-0.2, 0) is 18.3 Å². The van der Waals surface area contributed by atoms with E-state index in [-0.39, 0.29) is 5.41 Å². The summed E-state index contributed by atoms with van der Waals surface area (Å²) in [7, 11) is 0. The topological polar surface area (TPSA) is 18.5 Å². The van der Waals surface area contributed by atoms with Crippen LogP contribution in [0.2, 0.25) is 0 Å². The van der Waals surface area contributed by atoms with E-state index in [0.29, 0.717) is 13.2 Å². The van der Waals surface area contributed by atoms with E-state index in [0.717, 1.165) is 46.6 Å². The average Bonchev–Trinajstić information content (AvgIpc) is 2.71. The molecule has 2 heteroatoms. The Morgan fingerprint density at radius 2 is 1.16 bits per heavy atom. The van der Waals surface area contributed by atoms with Crippen LogP contribution in [0.1, 0.15) is 49.9 Å². The third-order valence-electron chi connectivity index (χ3n) is 5.26. The Balaban J connectivity index is 2.49. The van der Waals surface area contributed by atoms with Crippen molar-refractivity contribution in [2.45, 2.75) is 46.0 Å². The summed E-state index contributed by atoms with van der Waals surface area (Å²) in [6, 6.07) is 12.9. The van der Waals surface area contributed by atoms with Crippen LogP contribution in [0.4, 0.5) is 0 Å². The maximum absolute atomic E-state index is 5.88. The van der Waals surface area contributed by atoms with E-state index in [1.807, 2.05) is 13.8 Å². The number of rotatable bonds is 12. The fraction of sp³-hybridized carbons (Fsp3) is 0.310. The van der Waals surface area contributed by atoms with E-state index < -0.39 is 0 Å². The highest BCUT2D eigenvalue weighted by atomic mass is 16.5. The van der Waals surface area contributed by atoms with Crippen LogP contribution in [0.25, 0.3) is 0 Å². The van der Waals surface area contributed by atoms with Gasteiger partial charge in [-0.25, -0.2) is 0 Å². The molecule has 0 radical (unpaired) electrons. The molecule has 2 nitrogen and oxygen atoms in total. The molecule has 0 spiro atoms. The van der Waals surface area contributed by atoms with Gasteiger partial charge in [-0.15, -0.1) is 0 Å². The Hall–Kier alpha value is -3.00. The van der Waals surface area contributed by atoms with Gasteiger partial charge in [0.2, 0.25) is 0 Å². The van der Waals surface area contributed by atoms with Crippen LogP contribution in [-0.4, -0.2) is 13.2 Å². The van der Waals surface area contributed by atoms with Gasteiger partial charge in [-0.05, 0) is 61.1 Å². The van der Waals surface area contributed by atoms with Gasteiger partial charge in [-0.2, -0.15) is 0 Å². The lowest BCUT2D eigenvalue weighted by molar-refractivity contribution is 0.359. The van der Waals surface area contributed by atoms with Gasteiger partial charge in [0.1, 0.15) is 24.7 Å². The van der Waals surface area contributed by atoms with E-state index in [2.05, 4.69) is 76.6 Å². The molecule has 0 aliphatic rings. The number of allylic oxidation sites excluding steroid dienone is 2. The van der Waals surface area contributed by atoms with Crippen molar-refractivity contribution in [2.75, 3.05) is 13.2 Å². The largest absolute Gasteiger partial charge is 0.489 e. The second-order valence-electron chi connectivity index (χ2n) is 8.74. The fourth-order valence-corrected chi connectivity index (χ4v) is 3.61. The standard InChI is InChI=1S/C29H36O2/c1-9-15-30-27-13-11-25(19-23(27)17-21(3)4)29(7,8)26-12-14-28(31-16-10-2)24(20-26)18-22(5)6/h9-14,19-20H,1-3,5,15-18H2,4,6-8H3. The van der Waals surface area contributed by atoms with E-state index in [9.17, 15) is 0 Å². The highest BCUT2D eigenvalue weighted by Gasteiger charge is 2.25. The molecule has 0 heterocycles. The Morgan fingerprint density at radius 1 is 0.774 bits per heavy atom. The lowest BCUT2D eigenvalue weighted by atomic mass is 9.76. The van der Waals surface area contributed by atoms with Crippen LogP contribution in [0.3, 0.4) is 0 Å². The maximum atomic E-state index is 5.88. The van der Waals surface area contributed by atoms with Gasteiger partial charge in [-0.3, -0.25) is 0 Å². The molecular formula is C29H36O2. The predicted octanol–water partition coefficient (Wildman–Crippen LogP) is 7.38. The van der Waals surface area contributed by atoms with Gasteiger partial charge < -0.3 is 9.47 Å². The zero-order chi connectivity index (χ0) is 23.0. The summed E-state index contributed by atoms with van der Waals surface area (Å²) in [5.41, 5.74) is 6.77. The van der Waals surface area contributed by atoms with Crippen molar-refractivity contribution >= 4 is 0 Å². The molecule has 0 bridgehead atoms. The smallest absolute Gasteiger partial charge is 0.123 e. The average molecular weight is 417 g/mol. The molecule has 0 saturated heterocycles. The summed E-state index contributed by atoms with van der Waals surface area (Å²) in [6.07, 6.45) is 5.10. The molecule has 0 aromatic heterocycles. The first-order valence-corrected chi connectivity index (χ1v) is 10.7. The zero-order valence-corrected chi connectivity index (χ0v) is 19.6. The number of hydrogen-bond acceptors (Lipinski definition) is 2. The molecule has 0 saturated carbocycles. The third-order valence-corrected chi connectivity index (χ3v) is 5.26. The van der Waals surface area contributed by atoms with Gasteiger partial charge in [0.25, 0.3) is 0 Å². The minimum absolute atomic E-state index is 0.193. The molecule has 0 fully saturated rings. The van der Waals surface area contributed by atoms with Crippen LogP contribution in [0.5, 0.6) is 11.5 Å². The van der Waals surface area contributed by atoms with E-state index in [1.165, 1.54) is 11.1 Å². The Labute approximate surface area is 188 Å². The molecule has 0 aliphatic carbocycles. The van der Waals surface area contributed by atoms with Gasteiger partial charge in [0, 0.05) is 5.41 Å². The Morgan fingerprint density at radius 3 is 1.48 bits per heavy atom. The highest BCUT2D eigenvalue weighted by Crippen LogP contribution is 2.37. The second kappa shape index (κ2) is 10.9. The molecule has 0 unspecified atom stereocenters. The minimum atomic E-state index is -0.193. The van der Waals surface area contributed by atoms with Crippen molar-refractivity contribution in [3.63, 3.8) is 0 Å². The molecule has 2 aromatic carbocycles. The molecule has 0 amide bonds. The maximum Gasteiger partial charge on any atom is 0.123 e. The Kier molecular flexibility index (Phi) is 8.50. The van der Waals surface area contributed by atoms with Crippen molar-refractivity contribution in [1.82, 2.24) is 0 Å². The number of hydrogen-bond donors (Lipinski definition) is 0. The van der Waals surface area contributed by atoms with E-state index >= 15 is 0 Å². The van der Waals surface area contributed by atoms with Gasteiger partial charge in [0.15, 0.2) is 0 Å². The quantitative estimate of drug-likeness (QED) is 0.336. The van der Waals surface area contributed by atoms with E-state index in [1.54, 1.807) is 12.2 Å². The first-order valence-electron chi connectivity index (χ1n) is 10.7. The SMILES string of the molecule is C=CCOc1ccc(C(C)(C)c2ccc(OCC=C)c(CC(=C)C)c2)cc1CC(=C)C. The van der Waals surface area contributed by atoms with E-state index in [4.69, 9.17) is 9.47 Å². The first-order chi connectivity index (χ1) is 14.7. The monoisotopic (exact) mass is 416 g/mol. The molecule has 2 rings (SSSR count). The van der Waals surface area contributed by atoms with Crippen molar-refractivity contribution in [3.05, 3.63) is 108 Å². The summed E-state index contributed by atoms with van der Waals surface area (Å²) in [4.78, 5) is 0. The summed E-state index contributed by atoms with van der Waals surface area (Å²) < 4.78 is 11.8. The van der Waals surface area contributed by atoms with Crippen molar-refractivity contribution < 1.29 is 9.47 Å². The third kappa shape index (κ3) is 6.49. The minimum Gasteiger partial charge on any atom is -0.489 e. The fourth-order valence-electron chi connectivity index (χ4n) is 3.61. The summed E-state index contributed by atoms with van der Waals surface area (Å²) >= 11 is 0. The molecule has 31 heavy (non-hydrogen) atoms.